The maximum absolute atomic E-state index is 5.59. The van der Waals surface area contributed by atoms with E-state index in [1.165, 1.54) is 5.39 Å². The number of hydrogen-bond donors (Lipinski definition) is 0. The van der Waals surface area contributed by atoms with Crippen LogP contribution in [-0.2, 0) is 0 Å². The maximum atomic E-state index is 5.59. The number of halogens is 1. The van der Waals surface area contributed by atoms with Gasteiger partial charge in [0.1, 0.15) is 5.75 Å². The molecule has 0 saturated heterocycles. The summed E-state index contributed by atoms with van der Waals surface area (Å²) in [4.78, 5) is 0. The molecule has 0 aliphatic heterocycles. The standard InChI is InChI=1S/C13H12BrO/c1-9(2)15-13-6-4-10-7-12(14)5-3-11(10)8-13/h3-7,9H,1-2H3. The van der Waals surface area contributed by atoms with Crippen LogP contribution in [0.2, 0.25) is 0 Å². The molecule has 2 rings (SSSR count). The predicted octanol–water partition coefficient (Wildman–Crippen LogP) is 4.19. The Kier molecular flexibility index (Phi) is 2.96. The van der Waals surface area contributed by atoms with Gasteiger partial charge in [-0.2, -0.15) is 0 Å². The molecule has 0 atom stereocenters. The quantitative estimate of drug-likeness (QED) is 0.790. The lowest BCUT2D eigenvalue weighted by Gasteiger charge is -2.09. The molecule has 0 aromatic heterocycles. The summed E-state index contributed by atoms with van der Waals surface area (Å²) in [7, 11) is 0. The van der Waals surface area contributed by atoms with Gasteiger partial charge >= 0.3 is 0 Å². The molecule has 15 heavy (non-hydrogen) atoms. The van der Waals surface area contributed by atoms with Crippen LogP contribution in [0, 0.1) is 6.07 Å². The molecular weight excluding hydrogens is 252 g/mol. The number of ether oxygens (including phenoxy) is 1. The van der Waals surface area contributed by atoms with Gasteiger partial charge in [0.25, 0.3) is 0 Å². The van der Waals surface area contributed by atoms with Crippen molar-refractivity contribution in [2.24, 2.45) is 0 Å². The topological polar surface area (TPSA) is 9.23 Å². The Morgan fingerprint density at radius 1 is 1.20 bits per heavy atom. The molecule has 0 amide bonds. The summed E-state index contributed by atoms with van der Waals surface area (Å²) in [5, 5.41) is 2.25. The Labute approximate surface area is 98.2 Å². The van der Waals surface area contributed by atoms with Gasteiger partial charge in [-0.3, -0.25) is 0 Å². The lowest BCUT2D eigenvalue weighted by Crippen LogP contribution is -2.05. The van der Waals surface area contributed by atoms with E-state index in [1.807, 2.05) is 38.1 Å². The van der Waals surface area contributed by atoms with Crippen LogP contribution in [-0.4, -0.2) is 6.10 Å². The highest BCUT2D eigenvalue weighted by atomic mass is 79.9. The van der Waals surface area contributed by atoms with Crippen LogP contribution >= 0.6 is 15.9 Å². The molecule has 1 nitrogen and oxygen atoms in total. The molecule has 0 N–H and O–H groups in total. The van der Waals surface area contributed by atoms with E-state index in [0.29, 0.717) is 0 Å². The minimum absolute atomic E-state index is 0.189. The van der Waals surface area contributed by atoms with Crippen LogP contribution < -0.4 is 4.74 Å². The molecule has 0 bridgehead atoms. The molecule has 1 radical (unpaired) electrons. The average molecular weight is 264 g/mol. The first kappa shape index (κ1) is 10.5. The summed E-state index contributed by atoms with van der Waals surface area (Å²) in [6.07, 6.45) is 0.189. The van der Waals surface area contributed by atoms with Gasteiger partial charge in [0.2, 0.25) is 0 Å². The summed E-state index contributed by atoms with van der Waals surface area (Å²) in [6.45, 7) is 4.03. The van der Waals surface area contributed by atoms with Crippen molar-refractivity contribution < 1.29 is 4.74 Å². The number of hydrogen-bond acceptors (Lipinski definition) is 1. The smallest absolute Gasteiger partial charge is 0.128 e. The van der Waals surface area contributed by atoms with Gasteiger partial charge in [-0.25, -0.2) is 0 Å². The first-order chi connectivity index (χ1) is 7.15. The van der Waals surface area contributed by atoms with E-state index >= 15 is 0 Å². The van der Waals surface area contributed by atoms with Crippen molar-refractivity contribution in [1.82, 2.24) is 0 Å². The van der Waals surface area contributed by atoms with Crippen molar-refractivity contribution in [3.63, 3.8) is 0 Å². The Balaban J connectivity index is 2.43. The second kappa shape index (κ2) is 4.23. The van der Waals surface area contributed by atoms with Crippen molar-refractivity contribution >= 4 is 26.7 Å². The third kappa shape index (κ3) is 2.51. The van der Waals surface area contributed by atoms with Gasteiger partial charge < -0.3 is 4.74 Å². The van der Waals surface area contributed by atoms with E-state index in [2.05, 4.69) is 28.1 Å². The summed E-state index contributed by atoms with van der Waals surface area (Å²) in [6, 6.07) is 13.4. The molecular formula is C13H12BrO. The normalized spacial score (nSPS) is 10.9. The molecule has 2 aromatic rings. The van der Waals surface area contributed by atoms with Crippen molar-refractivity contribution in [2.45, 2.75) is 20.0 Å². The summed E-state index contributed by atoms with van der Waals surface area (Å²) >= 11 is 3.45. The van der Waals surface area contributed by atoms with Crippen LogP contribution in [0.25, 0.3) is 10.8 Å². The Morgan fingerprint density at radius 2 is 2.00 bits per heavy atom. The lowest BCUT2D eigenvalue weighted by atomic mass is 10.1. The monoisotopic (exact) mass is 263 g/mol. The number of fused-ring (bicyclic) bond motifs is 1. The number of rotatable bonds is 2. The van der Waals surface area contributed by atoms with E-state index in [-0.39, 0.29) is 6.10 Å². The molecule has 0 aliphatic rings. The van der Waals surface area contributed by atoms with E-state index in [9.17, 15) is 0 Å². The van der Waals surface area contributed by atoms with Crippen LogP contribution in [0.15, 0.2) is 34.8 Å². The first-order valence-corrected chi connectivity index (χ1v) is 5.73. The van der Waals surface area contributed by atoms with Gasteiger partial charge in [0, 0.05) is 10.5 Å². The van der Waals surface area contributed by atoms with Crippen molar-refractivity contribution in [3.8, 4) is 5.75 Å². The van der Waals surface area contributed by atoms with E-state index < -0.39 is 0 Å². The summed E-state index contributed by atoms with van der Waals surface area (Å²) in [5.41, 5.74) is 0. The summed E-state index contributed by atoms with van der Waals surface area (Å²) in [5.74, 6) is 0.805. The van der Waals surface area contributed by atoms with Crippen molar-refractivity contribution in [3.05, 3.63) is 40.9 Å². The minimum Gasteiger partial charge on any atom is -0.490 e. The first-order valence-electron chi connectivity index (χ1n) is 4.93. The molecule has 77 valence electrons. The Morgan fingerprint density at radius 3 is 2.73 bits per heavy atom. The van der Waals surface area contributed by atoms with Gasteiger partial charge in [-0.1, -0.05) is 28.1 Å². The SMILES string of the molecule is CC(C)Oc1[c]c2ccc(Br)cc2cc1. The molecule has 0 fully saturated rings. The zero-order valence-electron chi connectivity index (χ0n) is 8.75. The predicted molar refractivity (Wildman–Crippen MR) is 66.2 cm³/mol. The Hall–Kier alpha value is -1.02. The molecule has 0 heterocycles. The van der Waals surface area contributed by atoms with Gasteiger partial charge in [-0.15, -0.1) is 0 Å². The fourth-order valence-corrected chi connectivity index (χ4v) is 1.83. The largest absolute Gasteiger partial charge is 0.490 e. The van der Waals surface area contributed by atoms with E-state index in [1.54, 1.807) is 0 Å². The fraction of sp³-hybridized carbons (Fsp3) is 0.231. The highest BCUT2D eigenvalue weighted by molar-refractivity contribution is 9.10. The van der Waals surface area contributed by atoms with Gasteiger partial charge in [0.15, 0.2) is 0 Å². The highest BCUT2D eigenvalue weighted by Gasteiger charge is 2.00. The molecule has 0 aliphatic carbocycles. The molecule has 0 saturated carbocycles. The number of benzene rings is 2. The third-order valence-corrected chi connectivity index (χ3v) is 2.54. The van der Waals surface area contributed by atoms with Crippen LogP contribution in [0.5, 0.6) is 5.75 Å². The van der Waals surface area contributed by atoms with Crippen molar-refractivity contribution in [1.29, 1.82) is 0 Å². The third-order valence-electron chi connectivity index (χ3n) is 2.05. The van der Waals surface area contributed by atoms with E-state index in [0.717, 1.165) is 15.6 Å². The molecule has 2 aromatic carbocycles. The molecule has 0 unspecified atom stereocenters. The van der Waals surface area contributed by atoms with Crippen molar-refractivity contribution in [2.75, 3.05) is 0 Å². The second-order valence-electron chi connectivity index (χ2n) is 3.72. The van der Waals surface area contributed by atoms with Crippen LogP contribution in [0.4, 0.5) is 0 Å². The lowest BCUT2D eigenvalue weighted by molar-refractivity contribution is 0.242. The minimum atomic E-state index is 0.189. The van der Waals surface area contributed by atoms with Crippen LogP contribution in [0.3, 0.4) is 0 Å². The highest BCUT2D eigenvalue weighted by Crippen LogP contribution is 2.23. The fourth-order valence-electron chi connectivity index (χ4n) is 1.45. The van der Waals surface area contributed by atoms with E-state index in [4.69, 9.17) is 4.74 Å². The molecule has 0 spiro atoms. The molecule has 2 heteroatoms. The second-order valence-corrected chi connectivity index (χ2v) is 4.64. The Bertz CT molecular complexity index is 477. The van der Waals surface area contributed by atoms with Crippen LogP contribution in [0.1, 0.15) is 13.8 Å². The van der Waals surface area contributed by atoms with Gasteiger partial charge in [0.05, 0.1) is 6.10 Å². The zero-order valence-corrected chi connectivity index (χ0v) is 10.3. The summed E-state index contributed by atoms with van der Waals surface area (Å²) < 4.78 is 6.67. The van der Waals surface area contributed by atoms with Gasteiger partial charge in [-0.05, 0) is 42.8 Å². The maximum Gasteiger partial charge on any atom is 0.128 e. The average Bonchev–Trinajstić information content (AvgIpc) is 2.17. The zero-order chi connectivity index (χ0) is 10.8.